The third kappa shape index (κ3) is 4.52. The van der Waals surface area contributed by atoms with Crippen molar-refractivity contribution in [2.75, 3.05) is 13.1 Å². The minimum atomic E-state index is -0.339. The molecule has 2 heterocycles. The smallest absolute Gasteiger partial charge is 0.273 e. The predicted molar refractivity (Wildman–Crippen MR) is 93.7 cm³/mol. The number of carbonyl (C=O) groups excluding carboxylic acids is 1. The average Bonchev–Trinajstić information content (AvgIpc) is 3.06. The lowest BCUT2D eigenvalue weighted by Crippen LogP contribution is -2.29. The Hall–Kier alpha value is -1.51. The van der Waals surface area contributed by atoms with E-state index >= 15 is 0 Å². The van der Waals surface area contributed by atoms with Crippen molar-refractivity contribution in [1.82, 2.24) is 25.6 Å². The molecule has 0 aliphatic carbocycles. The van der Waals surface area contributed by atoms with Crippen molar-refractivity contribution in [1.29, 1.82) is 0 Å². The fourth-order valence-electron chi connectivity index (χ4n) is 2.58. The topological polar surface area (TPSA) is 71.8 Å². The first-order valence-corrected chi connectivity index (χ1v) is 8.27. The zero-order valence-electron chi connectivity index (χ0n) is 12.8. The summed E-state index contributed by atoms with van der Waals surface area (Å²) in [5.41, 5.74) is 0.945. The number of piperidine rings is 1. The van der Waals surface area contributed by atoms with Crippen molar-refractivity contribution in [2.45, 2.75) is 25.4 Å². The monoisotopic (exact) mass is 417 g/mol. The Labute approximate surface area is 153 Å². The van der Waals surface area contributed by atoms with E-state index in [1.165, 1.54) is 12.1 Å². The van der Waals surface area contributed by atoms with Crippen LogP contribution >= 0.6 is 28.3 Å². The van der Waals surface area contributed by atoms with Gasteiger partial charge in [-0.15, -0.1) is 17.5 Å². The first-order valence-electron chi connectivity index (χ1n) is 7.48. The SMILES string of the molecule is Cl.O=C(NCc1cc(F)ccc1Br)c1cn(C2CCNCC2)nn1. The molecule has 1 aliphatic heterocycles. The highest BCUT2D eigenvalue weighted by Crippen LogP contribution is 2.18. The Bertz CT molecular complexity index is 705. The molecule has 1 fully saturated rings. The van der Waals surface area contributed by atoms with Crippen LogP contribution in [0.4, 0.5) is 4.39 Å². The summed E-state index contributed by atoms with van der Waals surface area (Å²) in [7, 11) is 0. The predicted octanol–water partition coefficient (Wildman–Crippen LogP) is 2.46. The number of rotatable bonds is 4. The maximum absolute atomic E-state index is 13.2. The van der Waals surface area contributed by atoms with Crippen molar-refractivity contribution >= 4 is 34.2 Å². The van der Waals surface area contributed by atoms with Gasteiger partial charge in [-0.05, 0) is 49.7 Å². The van der Waals surface area contributed by atoms with Gasteiger partial charge in [0.1, 0.15) is 5.82 Å². The highest BCUT2D eigenvalue weighted by atomic mass is 79.9. The van der Waals surface area contributed by atoms with E-state index in [9.17, 15) is 9.18 Å². The van der Waals surface area contributed by atoms with Crippen LogP contribution in [-0.2, 0) is 6.54 Å². The third-order valence-corrected chi connectivity index (χ3v) is 4.65. The van der Waals surface area contributed by atoms with E-state index < -0.39 is 0 Å². The van der Waals surface area contributed by atoms with Crippen LogP contribution in [0.3, 0.4) is 0 Å². The van der Waals surface area contributed by atoms with Gasteiger partial charge in [0.05, 0.1) is 12.2 Å². The molecule has 9 heteroatoms. The fourth-order valence-corrected chi connectivity index (χ4v) is 2.96. The molecule has 1 aromatic heterocycles. The van der Waals surface area contributed by atoms with Crippen molar-refractivity contribution in [2.24, 2.45) is 0 Å². The molecule has 2 N–H and O–H groups in total. The highest BCUT2D eigenvalue weighted by Gasteiger charge is 2.18. The minimum Gasteiger partial charge on any atom is -0.346 e. The lowest BCUT2D eigenvalue weighted by Gasteiger charge is -2.22. The molecule has 0 spiro atoms. The van der Waals surface area contributed by atoms with E-state index in [1.54, 1.807) is 16.9 Å². The average molecular weight is 419 g/mol. The molecule has 1 aromatic carbocycles. The summed E-state index contributed by atoms with van der Waals surface area (Å²) in [6.07, 6.45) is 3.62. The summed E-state index contributed by atoms with van der Waals surface area (Å²) < 4.78 is 15.7. The number of halogens is 3. The maximum Gasteiger partial charge on any atom is 0.273 e. The van der Waals surface area contributed by atoms with Crippen LogP contribution in [0, 0.1) is 5.82 Å². The van der Waals surface area contributed by atoms with Crippen LogP contribution in [0.1, 0.15) is 34.9 Å². The van der Waals surface area contributed by atoms with E-state index in [0.29, 0.717) is 5.56 Å². The maximum atomic E-state index is 13.2. The van der Waals surface area contributed by atoms with E-state index in [2.05, 4.69) is 36.9 Å². The Morgan fingerprint density at radius 1 is 1.42 bits per heavy atom. The van der Waals surface area contributed by atoms with Crippen molar-refractivity contribution in [3.8, 4) is 0 Å². The number of nitrogens with one attached hydrogen (secondary N) is 2. The van der Waals surface area contributed by atoms with Gasteiger partial charge < -0.3 is 10.6 Å². The molecule has 6 nitrogen and oxygen atoms in total. The van der Waals surface area contributed by atoms with Crippen LogP contribution in [0.25, 0.3) is 0 Å². The van der Waals surface area contributed by atoms with E-state index in [0.717, 1.165) is 30.4 Å². The zero-order valence-corrected chi connectivity index (χ0v) is 15.2. The van der Waals surface area contributed by atoms with Crippen LogP contribution in [0.2, 0.25) is 0 Å². The molecule has 24 heavy (non-hydrogen) atoms. The Kier molecular flexibility index (Phi) is 6.70. The highest BCUT2D eigenvalue weighted by molar-refractivity contribution is 9.10. The van der Waals surface area contributed by atoms with E-state index in [4.69, 9.17) is 0 Å². The Balaban J connectivity index is 0.00000208. The number of hydrogen-bond acceptors (Lipinski definition) is 4. The summed E-state index contributed by atoms with van der Waals surface area (Å²) in [4.78, 5) is 12.2. The molecule has 2 aromatic rings. The molecule has 0 radical (unpaired) electrons. The Morgan fingerprint density at radius 2 is 2.17 bits per heavy atom. The van der Waals surface area contributed by atoms with Gasteiger partial charge >= 0.3 is 0 Å². The van der Waals surface area contributed by atoms with Crippen molar-refractivity contribution in [3.63, 3.8) is 0 Å². The lowest BCUT2D eigenvalue weighted by molar-refractivity contribution is 0.0945. The second-order valence-corrected chi connectivity index (χ2v) is 6.34. The molecule has 1 amide bonds. The van der Waals surface area contributed by atoms with Crippen LogP contribution < -0.4 is 10.6 Å². The zero-order chi connectivity index (χ0) is 16.2. The molecular formula is C15H18BrClFN5O. The molecule has 0 bridgehead atoms. The molecule has 3 rings (SSSR count). The van der Waals surface area contributed by atoms with Gasteiger partial charge in [0.15, 0.2) is 5.69 Å². The van der Waals surface area contributed by atoms with Crippen molar-refractivity contribution < 1.29 is 9.18 Å². The summed E-state index contributed by atoms with van der Waals surface area (Å²) in [6, 6.07) is 4.64. The summed E-state index contributed by atoms with van der Waals surface area (Å²) in [5, 5.41) is 14.0. The Morgan fingerprint density at radius 3 is 2.92 bits per heavy atom. The largest absolute Gasteiger partial charge is 0.346 e. The number of benzene rings is 1. The number of aromatic nitrogens is 3. The summed E-state index contributed by atoms with van der Waals surface area (Å²) in [5.74, 6) is -0.657. The van der Waals surface area contributed by atoms with Gasteiger partial charge in [-0.2, -0.15) is 0 Å². The van der Waals surface area contributed by atoms with Gasteiger partial charge in [0, 0.05) is 11.0 Å². The van der Waals surface area contributed by atoms with Crippen molar-refractivity contribution in [3.05, 3.63) is 45.9 Å². The van der Waals surface area contributed by atoms with Gasteiger partial charge in [-0.3, -0.25) is 4.79 Å². The fraction of sp³-hybridized carbons (Fsp3) is 0.400. The first kappa shape index (κ1) is 18.8. The quantitative estimate of drug-likeness (QED) is 0.800. The van der Waals surface area contributed by atoms with Gasteiger partial charge in [0.2, 0.25) is 0 Å². The van der Waals surface area contributed by atoms with Gasteiger partial charge in [-0.1, -0.05) is 21.1 Å². The van der Waals surface area contributed by atoms with E-state index in [1.807, 2.05) is 0 Å². The number of carbonyl (C=O) groups is 1. The first-order chi connectivity index (χ1) is 11.1. The summed E-state index contributed by atoms with van der Waals surface area (Å²) >= 11 is 3.34. The molecule has 1 aliphatic rings. The van der Waals surface area contributed by atoms with Gasteiger partial charge in [-0.25, -0.2) is 9.07 Å². The second-order valence-electron chi connectivity index (χ2n) is 5.48. The van der Waals surface area contributed by atoms with Crippen LogP contribution in [-0.4, -0.2) is 34.0 Å². The molecule has 0 saturated carbocycles. The van der Waals surface area contributed by atoms with E-state index in [-0.39, 0.29) is 42.4 Å². The van der Waals surface area contributed by atoms with Crippen LogP contribution in [0.5, 0.6) is 0 Å². The molecule has 1 saturated heterocycles. The molecule has 0 unspecified atom stereocenters. The number of hydrogen-bond donors (Lipinski definition) is 2. The van der Waals surface area contributed by atoms with Crippen LogP contribution in [0.15, 0.2) is 28.9 Å². The number of nitrogens with zero attached hydrogens (tertiary/aromatic N) is 3. The standard InChI is InChI=1S/C15H17BrFN5O.ClH/c16-13-2-1-11(17)7-10(13)8-19-15(23)14-9-22(21-20-14)12-3-5-18-6-4-12;/h1-2,7,9,12,18H,3-6,8H2,(H,19,23);1H. The molecule has 0 atom stereocenters. The normalized spacial score (nSPS) is 14.9. The second kappa shape index (κ2) is 8.55. The lowest BCUT2D eigenvalue weighted by atomic mass is 10.1. The molecule has 130 valence electrons. The number of amides is 1. The minimum absolute atomic E-state index is 0. The summed E-state index contributed by atoms with van der Waals surface area (Å²) in [6.45, 7) is 2.11. The van der Waals surface area contributed by atoms with Gasteiger partial charge in [0.25, 0.3) is 5.91 Å². The molecular weight excluding hydrogens is 401 g/mol. The third-order valence-electron chi connectivity index (χ3n) is 3.87.